The molecule has 2 aromatic carbocycles. The van der Waals surface area contributed by atoms with Crippen molar-refractivity contribution in [2.24, 2.45) is 0 Å². The molecular weight excluding hydrogens is 372 g/mol. The number of ether oxygens (including phenoxy) is 1. The summed E-state index contributed by atoms with van der Waals surface area (Å²) in [5, 5.41) is 0. The molecule has 1 atom stereocenters. The lowest BCUT2D eigenvalue weighted by atomic mass is 9.98. The Kier molecular flexibility index (Phi) is 5.53. The van der Waals surface area contributed by atoms with Crippen LogP contribution in [0.4, 0.5) is 8.78 Å². The zero-order chi connectivity index (χ0) is 20.4. The summed E-state index contributed by atoms with van der Waals surface area (Å²) >= 11 is 0. The van der Waals surface area contributed by atoms with Crippen molar-refractivity contribution in [3.05, 3.63) is 66.0 Å². The Morgan fingerprint density at radius 1 is 0.897 bits per heavy atom. The number of likely N-dealkylation sites (tertiary alicyclic amines) is 1. The number of hydrogen-bond donors (Lipinski definition) is 0. The fourth-order valence-corrected chi connectivity index (χ4v) is 3.83. The molecule has 1 aromatic heterocycles. The summed E-state index contributed by atoms with van der Waals surface area (Å²) in [5.74, 6) is -1.01. The van der Waals surface area contributed by atoms with E-state index in [9.17, 15) is 8.78 Å². The topological polar surface area (TPSA) is 38.2 Å². The molecule has 0 N–H and O–H groups in total. The summed E-state index contributed by atoms with van der Waals surface area (Å²) in [7, 11) is 1.45. The van der Waals surface area contributed by atoms with E-state index in [0.717, 1.165) is 13.1 Å². The molecule has 0 amide bonds. The Balaban J connectivity index is 1.60. The molecule has 0 aliphatic carbocycles. The van der Waals surface area contributed by atoms with Gasteiger partial charge in [0.2, 0.25) is 0 Å². The normalized spacial score (nSPS) is 15.4. The number of methoxy groups -OCH3 is 1. The first-order chi connectivity index (χ1) is 14.1. The molecule has 0 saturated carbocycles. The molecule has 6 heteroatoms. The number of aromatic nitrogens is 2. The molecule has 1 aliphatic heterocycles. The minimum Gasteiger partial charge on any atom is -0.467 e. The van der Waals surface area contributed by atoms with E-state index < -0.39 is 11.6 Å². The first-order valence-electron chi connectivity index (χ1n) is 9.76. The minimum atomic E-state index is -0.523. The van der Waals surface area contributed by atoms with E-state index in [0.29, 0.717) is 17.2 Å². The summed E-state index contributed by atoms with van der Waals surface area (Å²) in [6.07, 6.45) is 5.30. The molecular formula is C23H23F2N3O. The van der Waals surface area contributed by atoms with Gasteiger partial charge in [0, 0.05) is 35.1 Å². The highest BCUT2D eigenvalue weighted by atomic mass is 19.1. The maximum Gasteiger partial charge on any atom is 0.316 e. The van der Waals surface area contributed by atoms with Gasteiger partial charge in [0.05, 0.1) is 7.11 Å². The van der Waals surface area contributed by atoms with Gasteiger partial charge in [0.1, 0.15) is 11.6 Å². The van der Waals surface area contributed by atoms with Gasteiger partial charge >= 0.3 is 6.01 Å². The lowest BCUT2D eigenvalue weighted by Crippen LogP contribution is -2.23. The van der Waals surface area contributed by atoms with E-state index in [2.05, 4.69) is 21.8 Å². The first-order valence-corrected chi connectivity index (χ1v) is 9.76. The molecule has 1 fully saturated rings. The van der Waals surface area contributed by atoms with Crippen LogP contribution in [-0.4, -0.2) is 35.1 Å². The van der Waals surface area contributed by atoms with Gasteiger partial charge < -0.3 is 4.74 Å². The van der Waals surface area contributed by atoms with Crippen molar-refractivity contribution in [1.29, 1.82) is 0 Å². The van der Waals surface area contributed by atoms with Crippen LogP contribution in [0.15, 0.2) is 48.8 Å². The Morgan fingerprint density at radius 2 is 1.45 bits per heavy atom. The quantitative estimate of drug-likeness (QED) is 0.591. The highest BCUT2D eigenvalue weighted by Crippen LogP contribution is 2.32. The third-order valence-corrected chi connectivity index (χ3v) is 5.57. The molecule has 4 rings (SSSR count). The molecule has 1 saturated heterocycles. The number of hydrogen-bond acceptors (Lipinski definition) is 4. The summed E-state index contributed by atoms with van der Waals surface area (Å²) < 4.78 is 34.4. The van der Waals surface area contributed by atoms with E-state index in [-0.39, 0.29) is 17.1 Å². The number of nitrogens with zero attached hydrogens (tertiary/aromatic N) is 3. The van der Waals surface area contributed by atoms with E-state index in [1.807, 2.05) is 24.3 Å². The van der Waals surface area contributed by atoms with Gasteiger partial charge in [0.15, 0.2) is 0 Å². The summed E-state index contributed by atoms with van der Waals surface area (Å²) in [6, 6.07) is 10.6. The number of benzene rings is 2. The molecule has 29 heavy (non-hydrogen) atoms. The highest BCUT2D eigenvalue weighted by Gasteiger charge is 2.20. The van der Waals surface area contributed by atoms with Gasteiger partial charge in [-0.1, -0.05) is 24.3 Å². The predicted molar refractivity (Wildman–Crippen MR) is 109 cm³/mol. The third-order valence-electron chi connectivity index (χ3n) is 5.57. The van der Waals surface area contributed by atoms with Crippen molar-refractivity contribution in [3.63, 3.8) is 0 Å². The van der Waals surface area contributed by atoms with Crippen LogP contribution in [0.2, 0.25) is 0 Å². The second kappa shape index (κ2) is 8.25. The largest absolute Gasteiger partial charge is 0.467 e. The van der Waals surface area contributed by atoms with Gasteiger partial charge in [-0.2, -0.15) is 0 Å². The molecule has 1 aliphatic rings. The Morgan fingerprint density at radius 3 is 2.00 bits per heavy atom. The average Bonchev–Trinajstić information content (AvgIpc) is 3.30. The van der Waals surface area contributed by atoms with Crippen LogP contribution in [-0.2, 0) is 0 Å². The first kappa shape index (κ1) is 19.5. The average molecular weight is 395 g/mol. The molecule has 0 bridgehead atoms. The lowest BCUT2D eigenvalue weighted by Gasteiger charge is -2.24. The maximum absolute atomic E-state index is 14.8. The molecule has 4 nitrogen and oxygen atoms in total. The van der Waals surface area contributed by atoms with Crippen molar-refractivity contribution >= 4 is 0 Å². The van der Waals surface area contributed by atoms with Gasteiger partial charge in [-0.15, -0.1) is 0 Å². The maximum atomic E-state index is 14.8. The monoisotopic (exact) mass is 395 g/mol. The standard InChI is InChI=1S/C23H23F2N3O/c1-15(28-9-3-4-10-28)16-5-7-17(8-6-16)19-11-22(25)20(12-21(19)24)18-13-26-23(29-2)27-14-18/h5-8,11-15H,3-4,9-10H2,1-2H3. The molecule has 3 aromatic rings. The van der Waals surface area contributed by atoms with E-state index in [4.69, 9.17) is 4.74 Å². The molecule has 0 radical (unpaired) electrons. The van der Waals surface area contributed by atoms with Gasteiger partial charge in [-0.05, 0) is 56.1 Å². The zero-order valence-corrected chi connectivity index (χ0v) is 16.5. The van der Waals surface area contributed by atoms with Crippen LogP contribution in [0.25, 0.3) is 22.3 Å². The smallest absolute Gasteiger partial charge is 0.316 e. The van der Waals surface area contributed by atoms with E-state index >= 15 is 0 Å². The minimum absolute atomic E-state index is 0.119. The van der Waals surface area contributed by atoms with Crippen LogP contribution in [0, 0.1) is 11.6 Å². The fraction of sp³-hybridized carbons (Fsp3) is 0.304. The number of halogens is 2. The molecule has 1 unspecified atom stereocenters. The fourth-order valence-electron chi connectivity index (χ4n) is 3.83. The van der Waals surface area contributed by atoms with Crippen LogP contribution in [0.5, 0.6) is 6.01 Å². The van der Waals surface area contributed by atoms with Gasteiger partial charge in [0.25, 0.3) is 0 Å². The van der Waals surface area contributed by atoms with Gasteiger partial charge in [-0.3, -0.25) is 4.90 Å². The summed E-state index contributed by atoms with van der Waals surface area (Å²) in [5.41, 5.74) is 2.58. The van der Waals surface area contributed by atoms with Crippen LogP contribution in [0.3, 0.4) is 0 Å². The van der Waals surface area contributed by atoms with E-state index in [1.54, 1.807) is 0 Å². The van der Waals surface area contributed by atoms with Crippen molar-refractivity contribution < 1.29 is 13.5 Å². The van der Waals surface area contributed by atoms with Crippen LogP contribution < -0.4 is 4.74 Å². The Bertz CT molecular complexity index is 984. The lowest BCUT2D eigenvalue weighted by molar-refractivity contribution is 0.263. The van der Waals surface area contributed by atoms with Crippen molar-refractivity contribution in [2.75, 3.05) is 20.2 Å². The number of rotatable bonds is 5. The summed E-state index contributed by atoms with van der Waals surface area (Å²) in [4.78, 5) is 10.4. The molecule has 0 spiro atoms. The zero-order valence-electron chi connectivity index (χ0n) is 16.5. The van der Waals surface area contributed by atoms with Gasteiger partial charge in [-0.25, -0.2) is 18.7 Å². The second-order valence-corrected chi connectivity index (χ2v) is 7.31. The molecule has 150 valence electrons. The SMILES string of the molecule is COc1ncc(-c2cc(F)c(-c3ccc(C(C)N4CCCC4)cc3)cc2F)cn1. The van der Waals surface area contributed by atoms with Crippen LogP contribution >= 0.6 is 0 Å². The Labute approximate surface area is 169 Å². The predicted octanol–water partition coefficient (Wildman–Crippen LogP) is 5.25. The summed E-state index contributed by atoms with van der Waals surface area (Å²) in [6.45, 7) is 4.41. The van der Waals surface area contributed by atoms with Crippen molar-refractivity contribution in [1.82, 2.24) is 14.9 Å². The molecule has 2 heterocycles. The second-order valence-electron chi connectivity index (χ2n) is 7.31. The third kappa shape index (κ3) is 3.98. The van der Waals surface area contributed by atoms with Crippen molar-refractivity contribution in [3.8, 4) is 28.3 Å². The Hall–Kier alpha value is -2.86. The van der Waals surface area contributed by atoms with Crippen molar-refractivity contribution in [2.45, 2.75) is 25.8 Å². The van der Waals surface area contributed by atoms with Crippen LogP contribution in [0.1, 0.15) is 31.4 Å². The highest BCUT2D eigenvalue weighted by molar-refractivity contribution is 5.71. The van der Waals surface area contributed by atoms with E-state index in [1.165, 1.54) is 50.0 Å².